The fraction of sp³-hybridized carbons (Fsp3) is 0.333. The topological polar surface area (TPSA) is 54.0 Å². The summed E-state index contributed by atoms with van der Waals surface area (Å²) >= 11 is 1.53. The molecule has 1 aliphatic heterocycles. The number of hydrogen-bond donors (Lipinski definition) is 2. The molecule has 2 aromatic rings. The van der Waals surface area contributed by atoms with Crippen LogP contribution in [0.5, 0.6) is 0 Å². The van der Waals surface area contributed by atoms with Gasteiger partial charge >= 0.3 is 0 Å². The molecule has 24 heavy (non-hydrogen) atoms. The van der Waals surface area contributed by atoms with Gasteiger partial charge in [-0.3, -0.25) is 4.79 Å². The summed E-state index contributed by atoms with van der Waals surface area (Å²) < 4.78 is 12.9. The molecule has 0 atom stereocenters. The van der Waals surface area contributed by atoms with E-state index in [4.69, 9.17) is 0 Å². The van der Waals surface area contributed by atoms with Crippen molar-refractivity contribution in [1.82, 2.24) is 15.6 Å². The Kier molecular flexibility index (Phi) is 5.72. The van der Waals surface area contributed by atoms with Crippen LogP contribution in [0.15, 0.2) is 41.3 Å². The highest BCUT2D eigenvalue weighted by Crippen LogP contribution is 2.15. The number of nitrogens with zero attached hydrogens (tertiary/aromatic N) is 1. The van der Waals surface area contributed by atoms with Crippen molar-refractivity contribution in [2.75, 3.05) is 19.6 Å². The maximum atomic E-state index is 12.9. The van der Waals surface area contributed by atoms with E-state index in [0.29, 0.717) is 19.4 Å². The van der Waals surface area contributed by atoms with Gasteiger partial charge in [0.15, 0.2) is 0 Å². The second kappa shape index (κ2) is 8.17. The number of benzene rings is 1. The number of carbonyl (C=O) groups is 1. The van der Waals surface area contributed by atoms with E-state index >= 15 is 0 Å². The second-order valence-corrected chi connectivity index (χ2v) is 6.75. The standard InChI is InChI=1S/C18H20FN3OS/c19-15-3-1-13(2-4-15)9-18-22-16(12-24-18)10-17(23)21-11-14-5-7-20-8-6-14/h1-5,12,20H,6-11H2,(H,21,23). The SMILES string of the molecule is O=C(Cc1csc(Cc2ccc(F)cc2)n1)NCC1=CCNCC1. The second-order valence-electron chi connectivity index (χ2n) is 5.81. The summed E-state index contributed by atoms with van der Waals surface area (Å²) in [7, 11) is 0. The van der Waals surface area contributed by atoms with Gasteiger partial charge in [0.25, 0.3) is 0 Å². The van der Waals surface area contributed by atoms with Crippen LogP contribution >= 0.6 is 11.3 Å². The Bertz CT molecular complexity index is 724. The van der Waals surface area contributed by atoms with E-state index in [1.54, 1.807) is 12.1 Å². The highest BCUT2D eigenvalue weighted by atomic mass is 32.1. The monoisotopic (exact) mass is 345 g/mol. The molecule has 0 fully saturated rings. The lowest BCUT2D eigenvalue weighted by atomic mass is 10.1. The summed E-state index contributed by atoms with van der Waals surface area (Å²) in [5.41, 5.74) is 3.07. The minimum absolute atomic E-state index is 0.00642. The van der Waals surface area contributed by atoms with Crippen LogP contribution in [0, 0.1) is 5.82 Å². The highest BCUT2D eigenvalue weighted by molar-refractivity contribution is 7.09. The average molecular weight is 345 g/mol. The molecule has 0 saturated carbocycles. The number of nitrogens with one attached hydrogen (secondary N) is 2. The Morgan fingerprint density at radius 3 is 2.92 bits per heavy atom. The molecular formula is C18H20FN3OS. The van der Waals surface area contributed by atoms with Crippen molar-refractivity contribution in [3.05, 3.63) is 63.4 Å². The molecular weight excluding hydrogens is 325 g/mol. The third kappa shape index (κ3) is 4.97. The Balaban J connectivity index is 1.49. The minimum atomic E-state index is -0.237. The van der Waals surface area contributed by atoms with Crippen molar-refractivity contribution in [1.29, 1.82) is 0 Å². The average Bonchev–Trinajstić information content (AvgIpc) is 3.03. The smallest absolute Gasteiger partial charge is 0.226 e. The van der Waals surface area contributed by atoms with E-state index in [0.717, 1.165) is 35.8 Å². The summed E-state index contributed by atoms with van der Waals surface area (Å²) in [6.45, 7) is 2.47. The van der Waals surface area contributed by atoms with Crippen molar-refractivity contribution in [3.8, 4) is 0 Å². The lowest BCUT2D eigenvalue weighted by Crippen LogP contribution is -2.30. The fourth-order valence-electron chi connectivity index (χ4n) is 2.56. The van der Waals surface area contributed by atoms with E-state index in [-0.39, 0.29) is 11.7 Å². The molecule has 3 rings (SSSR count). The molecule has 0 unspecified atom stereocenters. The fourth-order valence-corrected chi connectivity index (χ4v) is 3.39. The summed E-state index contributed by atoms with van der Waals surface area (Å²) in [5.74, 6) is -0.243. The molecule has 1 amide bonds. The van der Waals surface area contributed by atoms with Crippen LogP contribution in [0.2, 0.25) is 0 Å². The van der Waals surface area contributed by atoms with Gasteiger partial charge in [0.1, 0.15) is 5.82 Å². The molecule has 0 aliphatic carbocycles. The predicted molar refractivity (Wildman–Crippen MR) is 93.6 cm³/mol. The summed E-state index contributed by atoms with van der Waals surface area (Å²) in [4.78, 5) is 16.5. The quantitative estimate of drug-likeness (QED) is 0.791. The summed E-state index contributed by atoms with van der Waals surface area (Å²) in [5, 5.41) is 9.06. The predicted octanol–water partition coefficient (Wildman–Crippen LogP) is 2.45. The van der Waals surface area contributed by atoms with Gasteiger partial charge in [-0.05, 0) is 30.7 Å². The van der Waals surface area contributed by atoms with E-state index in [2.05, 4.69) is 21.7 Å². The van der Waals surface area contributed by atoms with Crippen LogP contribution in [-0.4, -0.2) is 30.5 Å². The Morgan fingerprint density at radius 1 is 1.33 bits per heavy atom. The number of hydrogen-bond acceptors (Lipinski definition) is 4. The number of amides is 1. The van der Waals surface area contributed by atoms with E-state index in [9.17, 15) is 9.18 Å². The van der Waals surface area contributed by atoms with Gasteiger partial charge in [-0.25, -0.2) is 9.37 Å². The molecule has 126 valence electrons. The molecule has 2 N–H and O–H groups in total. The number of halogens is 1. The summed E-state index contributed by atoms with van der Waals surface area (Å²) in [6, 6.07) is 6.42. The zero-order chi connectivity index (χ0) is 16.8. The first kappa shape index (κ1) is 16.8. The van der Waals surface area contributed by atoms with Crippen LogP contribution in [0.4, 0.5) is 4.39 Å². The van der Waals surface area contributed by atoms with Gasteiger partial charge in [-0.2, -0.15) is 0 Å². The Hall–Kier alpha value is -2.05. The first-order valence-electron chi connectivity index (χ1n) is 8.02. The molecule has 2 heterocycles. The Morgan fingerprint density at radius 2 is 2.17 bits per heavy atom. The van der Waals surface area contributed by atoms with Crippen LogP contribution < -0.4 is 10.6 Å². The van der Waals surface area contributed by atoms with Gasteiger partial charge < -0.3 is 10.6 Å². The molecule has 0 spiro atoms. The van der Waals surface area contributed by atoms with Gasteiger partial charge in [-0.15, -0.1) is 11.3 Å². The van der Waals surface area contributed by atoms with Crippen molar-refractivity contribution in [2.45, 2.75) is 19.3 Å². The summed E-state index contributed by atoms with van der Waals surface area (Å²) in [6.07, 6.45) is 4.07. The van der Waals surface area contributed by atoms with Crippen LogP contribution in [0.25, 0.3) is 0 Å². The van der Waals surface area contributed by atoms with E-state index < -0.39 is 0 Å². The molecule has 0 saturated heterocycles. The maximum Gasteiger partial charge on any atom is 0.226 e. The van der Waals surface area contributed by atoms with Crippen molar-refractivity contribution in [3.63, 3.8) is 0 Å². The first-order valence-corrected chi connectivity index (χ1v) is 8.90. The molecule has 1 aliphatic rings. The molecule has 4 nitrogen and oxygen atoms in total. The van der Waals surface area contributed by atoms with Crippen molar-refractivity contribution in [2.24, 2.45) is 0 Å². The van der Waals surface area contributed by atoms with Gasteiger partial charge in [0, 0.05) is 24.9 Å². The molecule has 1 aromatic carbocycles. The van der Waals surface area contributed by atoms with Crippen LogP contribution in [0.3, 0.4) is 0 Å². The normalized spacial score (nSPS) is 14.3. The van der Waals surface area contributed by atoms with Gasteiger partial charge in [-0.1, -0.05) is 23.8 Å². The third-order valence-corrected chi connectivity index (χ3v) is 4.78. The van der Waals surface area contributed by atoms with Gasteiger partial charge in [0.05, 0.1) is 17.1 Å². The molecule has 0 bridgehead atoms. The van der Waals surface area contributed by atoms with Crippen molar-refractivity contribution >= 4 is 17.2 Å². The zero-order valence-electron chi connectivity index (χ0n) is 13.3. The highest BCUT2D eigenvalue weighted by Gasteiger charge is 2.10. The van der Waals surface area contributed by atoms with Crippen molar-refractivity contribution < 1.29 is 9.18 Å². The molecule has 1 aromatic heterocycles. The molecule has 0 radical (unpaired) electrons. The van der Waals surface area contributed by atoms with Gasteiger partial charge in [0.2, 0.25) is 5.91 Å². The Labute approximate surface area is 144 Å². The maximum absolute atomic E-state index is 12.9. The molecule has 6 heteroatoms. The number of thiazole rings is 1. The van der Waals surface area contributed by atoms with E-state index in [1.807, 2.05) is 5.38 Å². The number of aromatic nitrogens is 1. The lowest BCUT2D eigenvalue weighted by molar-refractivity contribution is -0.120. The largest absolute Gasteiger partial charge is 0.352 e. The minimum Gasteiger partial charge on any atom is -0.352 e. The van der Waals surface area contributed by atoms with E-state index in [1.165, 1.54) is 29.0 Å². The van der Waals surface area contributed by atoms with Crippen LogP contribution in [0.1, 0.15) is 22.7 Å². The first-order chi connectivity index (χ1) is 11.7. The van der Waals surface area contributed by atoms with Crippen LogP contribution in [-0.2, 0) is 17.6 Å². The lowest BCUT2D eigenvalue weighted by Gasteiger charge is -2.14. The number of rotatable bonds is 6. The number of carbonyl (C=O) groups excluding carboxylic acids is 1. The zero-order valence-corrected chi connectivity index (χ0v) is 14.2. The third-order valence-electron chi connectivity index (χ3n) is 3.88.